The van der Waals surface area contributed by atoms with Crippen molar-refractivity contribution in [1.82, 2.24) is 15.1 Å². The van der Waals surface area contributed by atoms with Crippen molar-refractivity contribution in [1.29, 1.82) is 0 Å². The van der Waals surface area contributed by atoms with Crippen molar-refractivity contribution in [2.75, 3.05) is 39.3 Å². The van der Waals surface area contributed by atoms with Gasteiger partial charge in [0.2, 0.25) is 0 Å². The summed E-state index contributed by atoms with van der Waals surface area (Å²) in [6.07, 6.45) is 5.73. The van der Waals surface area contributed by atoms with E-state index in [0.717, 1.165) is 23.9 Å². The van der Waals surface area contributed by atoms with Crippen molar-refractivity contribution in [3.8, 4) is 0 Å². The molecule has 1 N–H and O–H groups in total. The molecule has 2 heterocycles. The molecular formula is C16H31N3. The molecule has 1 aliphatic carbocycles. The third-order valence-corrected chi connectivity index (χ3v) is 5.95. The lowest BCUT2D eigenvalue weighted by atomic mass is 9.93. The second kappa shape index (κ2) is 6.11. The lowest BCUT2D eigenvalue weighted by Crippen LogP contribution is -2.52. The molecule has 19 heavy (non-hydrogen) atoms. The number of fused-ring (bicyclic) bond motifs is 1. The maximum absolute atomic E-state index is 3.80. The monoisotopic (exact) mass is 265 g/mol. The third-order valence-electron chi connectivity index (χ3n) is 5.95. The highest BCUT2D eigenvalue weighted by Gasteiger charge is 2.39. The largest absolute Gasteiger partial charge is 0.312 e. The van der Waals surface area contributed by atoms with Gasteiger partial charge in [-0.25, -0.2) is 0 Å². The van der Waals surface area contributed by atoms with E-state index >= 15 is 0 Å². The molecule has 3 rings (SSSR count). The fraction of sp³-hybridized carbons (Fsp3) is 1.00. The minimum atomic E-state index is 0.769. The van der Waals surface area contributed by atoms with Crippen molar-refractivity contribution in [2.24, 2.45) is 11.8 Å². The summed E-state index contributed by atoms with van der Waals surface area (Å²) in [6.45, 7) is 12.4. The Balaban J connectivity index is 1.45. The van der Waals surface area contributed by atoms with Gasteiger partial charge in [0.05, 0.1) is 0 Å². The molecule has 0 spiro atoms. The standard InChI is InChI=1S/C16H31N3/c1-3-13(2)19-9-7-18(8-10-19)12-16-15-6-4-5-14(15)11-17-16/h13-17H,3-12H2,1-2H3. The van der Waals surface area contributed by atoms with Gasteiger partial charge >= 0.3 is 0 Å². The first kappa shape index (κ1) is 13.8. The highest BCUT2D eigenvalue weighted by Crippen LogP contribution is 2.37. The van der Waals surface area contributed by atoms with E-state index in [1.165, 1.54) is 65.0 Å². The van der Waals surface area contributed by atoms with Gasteiger partial charge in [-0.1, -0.05) is 13.3 Å². The van der Waals surface area contributed by atoms with E-state index < -0.39 is 0 Å². The predicted molar refractivity (Wildman–Crippen MR) is 80.4 cm³/mol. The van der Waals surface area contributed by atoms with Crippen LogP contribution in [0.5, 0.6) is 0 Å². The molecule has 0 aromatic carbocycles. The molecule has 2 saturated heterocycles. The number of hydrogen-bond donors (Lipinski definition) is 1. The summed E-state index contributed by atoms with van der Waals surface area (Å²) in [6, 6.07) is 1.56. The molecule has 0 aromatic rings. The Bertz CT molecular complexity index is 286. The molecule has 0 aromatic heterocycles. The molecule has 3 fully saturated rings. The van der Waals surface area contributed by atoms with Gasteiger partial charge in [0.25, 0.3) is 0 Å². The van der Waals surface area contributed by atoms with Gasteiger partial charge in [-0.2, -0.15) is 0 Å². The maximum Gasteiger partial charge on any atom is 0.0226 e. The molecule has 4 unspecified atom stereocenters. The molecule has 0 amide bonds. The van der Waals surface area contributed by atoms with Crippen molar-refractivity contribution >= 4 is 0 Å². The summed E-state index contributed by atoms with van der Waals surface area (Å²) in [5.41, 5.74) is 0. The Kier molecular flexibility index (Phi) is 4.45. The normalized spacial score (nSPS) is 38.5. The van der Waals surface area contributed by atoms with Crippen LogP contribution in [0.4, 0.5) is 0 Å². The van der Waals surface area contributed by atoms with Gasteiger partial charge < -0.3 is 5.32 Å². The summed E-state index contributed by atoms with van der Waals surface area (Å²) in [7, 11) is 0. The Labute approximate surface area is 118 Å². The number of rotatable bonds is 4. The average Bonchev–Trinajstić information content (AvgIpc) is 3.04. The Morgan fingerprint density at radius 3 is 2.68 bits per heavy atom. The maximum atomic E-state index is 3.80. The van der Waals surface area contributed by atoms with Crippen LogP contribution in [0.15, 0.2) is 0 Å². The zero-order valence-electron chi connectivity index (χ0n) is 12.8. The molecule has 0 radical (unpaired) electrons. The van der Waals surface area contributed by atoms with Gasteiger partial charge in [-0.15, -0.1) is 0 Å². The van der Waals surface area contributed by atoms with Crippen LogP contribution in [-0.4, -0.2) is 61.2 Å². The van der Waals surface area contributed by atoms with Crippen LogP contribution in [-0.2, 0) is 0 Å². The predicted octanol–water partition coefficient (Wildman–Crippen LogP) is 1.79. The number of nitrogens with zero attached hydrogens (tertiary/aromatic N) is 2. The lowest BCUT2D eigenvalue weighted by molar-refractivity contribution is 0.0913. The zero-order chi connectivity index (χ0) is 13.2. The fourth-order valence-corrected chi connectivity index (χ4v) is 4.43. The number of hydrogen-bond acceptors (Lipinski definition) is 3. The first-order valence-corrected chi connectivity index (χ1v) is 8.47. The van der Waals surface area contributed by atoms with Gasteiger partial charge in [0.1, 0.15) is 0 Å². The van der Waals surface area contributed by atoms with Crippen LogP contribution < -0.4 is 5.32 Å². The van der Waals surface area contributed by atoms with E-state index in [1.54, 1.807) is 0 Å². The van der Waals surface area contributed by atoms with E-state index in [-0.39, 0.29) is 0 Å². The van der Waals surface area contributed by atoms with Gasteiger partial charge in [0.15, 0.2) is 0 Å². The van der Waals surface area contributed by atoms with Crippen molar-refractivity contribution < 1.29 is 0 Å². The van der Waals surface area contributed by atoms with E-state index in [0.29, 0.717) is 0 Å². The molecule has 3 nitrogen and oxygen atoms in total. The molecular weight excluding hydrogens is 234 g/mol. The first-order chi connectivity index (χ1) is 9.28. The molecule has 1 saturated carbocycles. The smallest absolute Gasteiger partial charge is 0.0226 e. The second-order valence-corrected chi connectivity index (χ2v) is 6.96. The van der Waals surface area contributed by atoms with Crippen LogP contribution >= 0.6 is 0 Å². The minimum absolute atomic E-state index is 0.769. The Morgan fingerprint density at radius 2 is 1.95 bits per heavy atom. The van der Waals surface area contributed by atoms with Crippen LogP contribution in [0.3, 0.4) is 0 Å². The van der Waals surface area contributed by atoms with Crippen molar-refractivity contribution in [2.45, 2.75) is 51.6 Å². The molecule has 3 heteroatoms. The number of piperazine rings is 1. The molecule has 110 valence electrons. The van der Waals surface area contributed by atoms with Crippen LogP contribution in [0.25, 0.3) is 0 Å². The summed E-state index contributed by atoms with van der Waals surface area (Å²) in [5.74, 6) is 2.00. The highest BCUT2D eigenvalue weighted by molar-refractivity contribution is 4.95. The topological polar surface area (TPSA) is 18.5 Å². The summed E-state index contributed by atoms with van der Waals surface area (Å²) >= 11 is 0. The van der Waals surface area contributed by atoms with E-state index in [2.05, 4.69) is 29.0 Å². The lowest BCUT2D eigenvalue weighted by Gasteiger charge is -2.39. The van der Waals surface area contributed by atoms with Gasteiger partial charge in [-0.05, 0) is 44.6 Å². The Hall–Kier alpha value is -0.120. The first-order valence-electron chi connectivity index (χ1n) is 8.47. The van der Waals surface area contributed by atoms with E-state index in [9.17, 15) is 0 Å². The van der Waals surface area contributed by atoms with Gasteiger partial charge in [-0.3, -0.25) is 9.80 Å². The molecule has 0 bridgehead atoms. The average molecular weight is 265 g/mol. The minimum Gasteiger partial charge on any atom is -0.312 e. The fourth-order valence-electron chi connectivity index (χ4n) is 4.43. The SMILES string of the molecule is CCC(C)N1CCN(CC2NCC3CCCC32)CC1. The third kappa shape index (κ3) is 2.98. The molecule has 4 atom stereocenters. The molecule has 2 aliphatic heterocycles. The zero-order valence-corrected chi connectivity index (χ0v) is 12.8. The molecule has 3 aliphatic rings. The van der Waals surface area contributed by atoms with Gasteiger partial charge in [0, 0.05) is 44.8 Å². The van der Waals surface area contributed by atoms with E-state index in [1.807, 2.05) is 0 Å². The summed E-state index contributed by atoms with van der Waals surface area (Å²) < 4.78 is 0. The second-order valence-electron chi connectivity index (χ2n) is 6.96. The summed E-state index contributed by atoms with van der Waals surface area (Å²) in [4.78, 5) is 5.37. The quantitative estimate of drug-likeness (QED) is 0.836. The Morgan fingerprint density at radius 1 is 1.16 bits per heavy atom. The van der Waals surface area contributed by atoms with Crippen LogP contribution in [0.2, 0.25) is 0 Å². The highest BCUT2D eigenvalue weighted by atomic mass is 15.3. The van der Waals surface area contributed by atoms with Crippen LogP contribution in [0, 0.1) is 11.8 Å². The van der Waals surface area contributed by atoms with Crippen LogP contribution in [0.1, 0.15) is 39.5 Å². The van der Waals surface area contributed by atoms with Crippen molar-refractivity contribution in [3.63, 3.8) is 0 Å². The number of nitrogens with one attached hydrogen (secondary N) is 1. The van der Waals surface area contributed by atoms with Crippen molar-refractivity contribution in [3.05, 3.63) is 0 Å². The van der Waals surface area contributed by atoms with E-state index in [4.69, 9.17) is 0 Å². The summed E-state index contributed by atoms with van der Waals surface area (Å²) in [5, 5.41) is 3.80.